The average Bonchev–Trinajstić information content (AvgIpc) is 3.02. The molecule has 6 nitrogen and oxygen atoms in total. The molecular formula is C27H48O6. The summed E-state index contributed by atoms with van der Waals surface area (Å²) < 4.78 is 0. The van der Waals surface area contributed by atoms with Gasteiger partial charge in [0.05, 0.1) is 36.6 Å². The molecule has 0 radical (unpaired) electrons. The Hall–Kier alpha value is -0.240. The summed E-state index contributed by atoms with van der Waals surface area (Å²) in [5, 5.41) is 65.3. The van der Waals surface area contributed by atoms with Crippen LogP contribution in [0.25, 0.3) is 0 Å². The molecule has 0 unspecified atom stereocenters. The zero-order valence-corrected chi connectivity index (χ0v) is 21.1. The predicted octanol–water partition coefficient (Wildman–Crippen LogP) is 2.32. The minimum Gasteiger partial charge on any atom is -0.393 e. The summed E-state index contributed by atoms with van der Waals surface area (Å²) in [4.78, 5) is 0. The first-order valence-electron chi connectivity index (χ1n) is 13.4. The number of aliphatic hydroxyl groups is 6. The van der Waals surface area contributed by atoms with Crippen molar-refractivity contribution in [2.75, 3.05) is 0 Å². The number of hydrogen-bond donors (Lipinski definition) is 6. The Morgan fingerprint density at radius 2 is 1.48 bits per heavy atom. The van der Waals surface area contributed by atoms with E-state index in [1.165, 1.54) is 0 Å². The molecule has 0 bridgehead atoms. The third-order valence-corrected chi connectivity index (χ3v) is 11.2. The van der Waals surface area contributed by atoms with E-state index < -0.39 is 35.9 Å². The first-order chi connectivity index (χ1) is 15.3. The molecule has 14 atom stereocenters. The maximum Gasteiger partial charge on any atom is 0.0822 e. The van der Waals surface area contributed by atoms with Crippen LogP contribution in [0.4, 0.5) is 0 Å². The highest BCUT2D eigenvalue weighted by molar-refractivity contribution is 5.15. The van der Waals surface area contributed by atoms with E-state index in [0.29, 0.717) is 32.1 Å². The summed E-state index contributed by atoms with van der Waals surface area (Å²) in [5.74, 6) is 0.433. The van der Waals surface area contributed by atoms with Gasteiger partial charge in [-0.25, -0.2) is 0 Å². The minimum atomic E-state index is -0.854. The van der Waals surface area contributed by atoms with Gasteiger partial charge in [-0.15, -0.1) is 0 Å². The average molecular weight is 469 g/mol. The molecule has 4 aliphatic rings. The molecule has 6 heteroatoms. The lowest BCUT2D eigenvalue weighted by molar-refractivity contribution is -0.203. The standard InChI is InChI=1S/C27H48O6/c1-13(2)25(33)22(31)8-14(3)24-21(30)11-18-16-10-20(29)19-9-15(28)6-7-26(19,4)17(16)12-23(32)27(18,24)5/h13-25,28-33H,6-12H2,1-5H3/t14-,15+,16-,17+,18+,19-,20-,21+,22-,23+,24+,25+,26-,27-/m1/s1. The molecule has 4 rings (SSSR count). The first-order valence-corrected chi connectivity index (χ1v) is 13.4. The van der Waals surface area contributed by atoms with E-state index in [2.05, 4.69) is 13.8 Å². The summed E-state index contributed by atoms with van der Waals surface area (Å²) >= 11 is 0. The molecule has 6 N–H and O–H groups in total. The van der Waals surface area contributed by atoms with Crippen molar-refractivity contribution in [1.82, 2.24) is 0 Å². The highest BCUT2D eigenvalue weighted by Crippen LogP contribution is 2.68. The van der Waals surface area contributed by atoms with Gasteiger partial charge in [0, 0.05) is 5.41 Å². The van der Waals surface area contributed by atoms with Gasteiger partial charge in [0.1, 0.15) is 0 Å². The van der Waals surface area contributed by atoms with E-state index in [-0.39, 0.29) is 52.9 Å². The fraction of sp³-hybridized carbons (Fsp3) is 1.00. The number of rotatable bonds is 5. The van der Waals surface area contributed by atoms with Gasteiger partial charge in [-0.2, -0.15) is 0 Å². The Morgan fingerprint density at radius 1 is 0.818 bits per heavy atom. The molecule has 4 saturated carbocycles. The van der Waals surface area contributed by atoms with E-state index in [0.717, 1.165) is 12.8 Å². The molecular weight excluding hydrogens is 420 g/mol. The van der Waals surface area contributed by atoms with Crippen LogP contribution in [0, 0.1) is 52.3 Å². The van der Waals surface area contributed by atoms with Crippen molar-refractivity contribution in [2.45, 2.75) is 116 Å². The quantitative estimate of drug-likeness (QED) is 0.368. The lowest BCUT2D eigenvalue weighted by Gasteiger charge is -2.63. The SMILES string of the molecule is CC(C)[C@H](O)[C@H](O)C[C@@H](C)[C@H]1[C@@H](O)C[C@H]2[C@@H]3C[C@@H](O)[C@H]4C[C@@H](O)CC[C@]4(C)[C@H]3C[C@H](O)[C@]12C. The van der Waals surface area contributed by atoms with E-state index in [9.17, 15) is 30.6 Å². The fourth-order valence-electron chi connectivity index (χ4n) is 9.41. The lowest BCUT2D eigenvalue weighted by Crippen LogP contribution is -2.61. The van der Waals surface area contributed by atoms with Crippen molar-refractivity contribution in [3.63, 3.8) is 0 Å². The maximum absolute atomic E-state index is 11.6. The number of fused-ring (bicyclic) bond motifs is 5. The molecule has 0 aromatic heterocycles. The summed E-state index contributed by atoms with van der Waals surface area (Å²) in [6.45, 7) is 10.2. The molecule has 0 heterocycles. The van der Waals surface area contributed by atoms with Crippen molar-refractivity contribution in [2.24, 2.45) is 52.3 Å². The van der Waals surface area contributed by atoms with E-state index in [1.807, 2.05) is 20.8 Å². The monoisotopic (exact) mass is 468 g/mol. The molecule has 33 heavy (non-hydrogen) atoms. The predicted molar refractivity (Wildman–Crippen MR) is 126 cm³/mol. The molecule has 4 fully saturated rings. The largest absolute Gasteiger partial charge is 0.393 e. The Labute approximate surface area is 199 Å². The van der Waals surface area contributed by atoms with Crippen LogP contribution in [0.2, 0.25) is 0 Å². The Morgan fingerprint density at radius 3 is 2.12 bits per heavy atom. The highest BCUT2D eigenvalue weighted by atomic mass is 16.3. The maximum atomic E-state index is 11.6. The molecule has 0 aromatic carbocycles. The number of hydrogen-bond acceptors (Lipinski definition) is 6. The fourth-order valence-corrected chi connectivity index (χ4v) is 9.41. The van der Waals surface area contributed by atoms with Gasteiger partial charge in [0.25, 0.3) is 0 Å². The number of aliphatic hydroxyl groups excluding tert-OH is 6. The molecule has 0 aromatic rings. The van der Waals surface area contributed by atoms with Gasteiger partial charge in [0.15, 0.2) is 0 Å². The van der Waals surface area contributed by atoms with Gasteiger partial charge in [-0.05, 0) is 91.8 Å². The van der Waals surface area contributed by atoms with Gasteiger partial charge in [-0.1, -0.05) is 34.6 Å². The summed E-state index contributed by atoms with van der Waals surface area (Å²) in [6, 6.07) is 0. The Kier molecular flexibility index (Phi) is 7.05. The second-order valence-electron chi connectivity index (χ2n) is 13.2. The van der Waals surface area contributed by atoms with E-state index >= 15 is 0 Å². The van der Waals surface area contributed by atoms with Crippen LogP contribution < -0.4 is 0 Å². The van der Waals surface area contributed by atoms with Crippen LogP contribution in [0.1, 0.15) is 79.6 Å². The second-order valence-corrected chi connectivity index (χ2v) is 13.2. The molecule has 192 valence electrons. The van der Waals surface area contributed by atoms with E-state index in [4.69, 9.17) is 0 Å². The molecule has 0 spiro atoms. The summed E-state index contributed by atoms with van der Waals surface area (Å²) in [7, 11) is 0. The van der Waals surface area contributed by atoms with Crippen LogP contribution in [0.5, 0.6) is 0 Å². The van der Waals surface area contributed by atoms with Crippen LogP contribution in [-0.2, 0) is 0 Å². The highest BCUT2D eigenvalue weighted by Gasteiger charge is 2.67. The smallest absolute Gasteiger partial charge is 0.0822 e. The van der Waals surface area contributed by atoms with Crippen molar-refractivity contribution in [3.8, 4) is 0 Å². The zero-order chi connectivity index (χ0) is 24.5. The topological polar surface area (TPSA) is 121 Å². The molecule has 4 aliphatic carbocycles. The lowest BCUT2D eigenvalue weighted by atomic mass is 9.43. The second kappa shape index (κ2) is 9.01. The van der Waals surface area contributed by atoms with Gasteiger partial charge >= 0.3 is 0 Å². The summed E-state index contributed by atoms with van der Waals surface area (Å²) in [6.07, 6.45) is 1.02. The summed E-state index contributed by atoms with van der Waals surface area (Å²) in [5.41, 5.74) is -0.588. The third kappa shape index (κ3) is 4.01. The minimum absolute atomic E-state index is 0.0449. The van der Waals surface area contributed by atoms with Gasteiger partial charge in [0.2, 0.25) is 0 Å². The normalized spacial score (nSPS) is 52.5. The van der Waals surface area contributed by atoms with E-state index in [1.54, 1.807) is 0 Å². The van der Waals surface area contributed by atoms with Crippen LogP contribution in [0.15, 0.2) is 0 Å². The van der Waals surface area contributed by atoms with Gasteiger partial charge in [-0.3, -0.25) is 0 Å². The van der Waals surface area contributed by atoms with Crippen LogP contribution >= 0.6 is 0 Å². The Bertz CT molecular complexity index is 700. The Balaban J connectivity index is 1.60. The van der Waals surface area contributed by atoms with Crippen molar-refractivity contribution < 1.29 is 30.6 Å². The van der Waals surface area contributed by atoms with Crippen molar-refractivity contribution >= 4 is 0 Å². The molecule has 0 saturated heterocycles. The van der Waals surface area contributed by atoms with Crippen LogP contribution in [0.3, 0.4) is 0 Å². The third-order valence-electron chi connectivity index (χ3n) is 11.2. The first kappa shape index (κ1) is 25.8. The van der Waals surface area contributed by atoms with Crippen LogP contribution in [-0.4, -0.2) is 67.3 Å². The van der Waals surface area contributed by atoms with Crippen molar-refractivity contribution in [3.05, 3.63) is 0 Å². The zero-order valence-electron chi connectivity index (χ0n) is 21.1. The van der Waals surface area contributed by atoms with Crippen molar-refractivity contribution in [1.29, 1.82) is 0 Å². The molecule has 0 aliphatic heterocycles. The van der Waals surface area contributed by atoms with Gasteiger partial charge < -0.3 is 30.6 Å². The molecule has 0 amide bonds.